The third kappa shape index (κ3) is 4.13. The topological polar surface area (TPSA) is 44.8 Å². The maximum Gasteiger partial charge on any atom is 0.321 e. The van der Waals surface area contributed by atoms with Crippen LogP contribution in [0.25, 0.3) is 0 Å². The van der Waals surface area contributed by atoms with Gasteiger partial charge in [-0.1, -0.05) is 0 Å². The summed E-state index contributed by atoms with van der Waals surface area (Å²) < 4.78 is 5.76. The van der Waals surface area contributed by atoms with Crippen LogP contribution < -0.4 is 10.2 Å². The Morgan fingerprint density at radius 3 is 2.23 bits per heavy atom. The number of nitrogens with zero attached hydrogens (tertiary/aromatic N) is 2. The minimum Gasteiger partial charge on any atom is -0.372 e. The van der Waals surface area contributed by atoms with Crippen molar-refractivity contribution in [1.29, 1.82) is 0 Å². The molecule has 2 amide bonds. The van der Waals surface area contributed by atoms with E-state index in [0.29, 0.717) is 13.1 Å². The van der Waals surface area contributed by atoms with Gasteiger partial charge >= 0.3 is 6.03 Å². The van der Waals surface area contributed by atoms with E-state index in [1.165, 1.54) is 5.69 Å². The predicted molar refractivity (Wildman–Crippen MR) is 90.6 cm³/mol. The number of amides is 2. The van der Waals surface area contributed by atoms with Crippen molar-refractivity contribution < 1.29 is 9.53 Å². The summed E-state index contributed by atoms with van der Waals surface area (Å²) in [6, 6.07) is 7.99. The molecule has 2 rings (SSSR count). The second kappa shape index (κ2) is 7.49. The SMILES string of the molecule is CCN(CC)C(=O)Nc1ccc(N2C[C@@H](C)O[C@@H](C)C2)cc1. The molecule has 122 valence electrons. The zero-order valence-corrected chi connectivity index (χ0v) is 14.0. The molecule has 5 nitrogen and oxygen atoms in total. The number of anilines is 2. The highest BCUT2D eigenvalue weighted by Crippen LogP contribution is 2.22. The number of hydrogen-bond donors (Lipinski definition) is 1. The number of hydrogen-bond acceptors (Lipinski definition) is 3. The number of ether oxygens (including phenoxy) is 1. The van der Waals surface area contributed by atoms with Crippen LogP contribution in [0.5, 0.6) is 0 Å². The Kier molecular flexibility index (Phi) is 5.66. The van der Waals surface area contributed by atoms with E-state index in [9.17, 15) is 4.79 Å². The molecule has 0 radical (unpaired) electrons. The predicted octanol–water partition coefficient (Wildman–Crippen LogP) is 3.17. The summed E-state index contributed by atoms with van der Waals surface area (Å²) >= 11 is 0. The van der Waals surface area contributed by atoms with Gasteiger partial charge in [0, 0.05) is 37.6 Å². The van der Waals surface area contributed by atoms with Gasteiger partial charge in [-0.05, 0) is 52.0 Å². The first-order valence-electron chi connectivity index (χ1n) is 8.09. The number of carbonyl (C=O) groups excluding carboxylic acids is 1. The fourth-order valence-electron chi connectivity index (χ4n) is 2.86. The molecule has 5 heteroatoms. The minimum atomic E-state index is -0.0497. The van der Waals surface area contributed by atoms with Gasteiger partial charge < -0.3 is 19.9 Å². The number of nitrogens with one attached hydrogen (secondary N) is 1. The number of rotatable bonds is 4. The molecule has 0 aromatic heterocycles. The standard InChI is InChI=1S/C17H27N3O2/c1-5-19(6-2)17(21)18-15-7-9-16(10-8-15)20-11-13(3)22-14(4)12-20/h7-10,13-14H,5-6,11-12H2,1-4H3,(H,18,21)/t13-,14+. The lowest BCUT2D eigenvalue weighted by atomic mass is 10.2. The molecule has 1 aromatic carbocycles. The molecule has 0 bridgehead atoms. The van der Waals surface area contributed by atoms with E-state index < -0.39 is 0 Å². The summed E-state index contributed by atoms with van der Waals surface area (Å²) in [4.78, 5) is 16.1. The average molecular weight is 305 g/mol. The summed E-state index contributed by atoms with van der Waals surface area (Å²) in [6.07, 6.45) is 0.483. The van der Waals surface area contributed by atoms with Crippen molar-refractivity contribution in [3.63, 3.8) is 0 Å². The van der Waals surface area contributed by atoms with Crippen LogP contribution in [-0.4, -0.2) is 49.3 Å². The van der Waals surface area contributed by atoms with Crippen LogP contribution in [0.15, 0.2) is 24.3 Å². The summed E-state index contributed by atoms with van der Waals surface area (Å²) in [7, 11) is 0. The molecule has 0 unspecified atom stereocenters. The van der Waals surface area contributed by atoms with Crippen LogP contribution >= 0.6 is 0 Å². The van der Waals surface area contributed by atoms with Gasteiger partial charge in [-0.15, -0.1) is 0 Å². The molecule has 22 heavy (non-hydrogen) atoms. The third-order valence-corrected chi connectivity index (χ3v) is 3.95. The molecular weight excluding hydrogens is 278 g/mol. The Morgan fingerprint density at radius 2 is 1.73 bits per heavy atom. The Balaban J connectivity index is 1.99. The highest BCUT2D eigenvalue weighted by molar-refractivity contribution is 5.89. The quantitative estimate of drug-likeness (QED) is 0.929. The van der Waals surface area contributed by atoms with Gasteiger partial charge in [0.15, 0.2) is 0 Å². The second-order valence-electron chi connectivity index (χ2n) is 5.81. The summed E-state index contributed by atoms with van der Waals surface area (Å²) in [5, 5.41) is 2.94. The van der Waals surface area contributed by atoms with E-state index in [0.717, 1.165) is 18.8 Å². The first kappa shape index (κ1) is 16.6. The highest BCUT2D eigenvalue weighted by atomic mass is 16.5. The van der Waals surface area contributed by atoms with Crippen LogP contribution in [0, 0.1) is 0 Å². The summed E-state index contributed by atoms with van der Waals surface area (Å²) in [5.74, 6) is 0. The molecule has 1 saturated heterocycles. The fraction of sp³-hybridized carbons (Fsp3) is 0.588. The minimum absolute atomic E-state index is 0.0497. The average Bonchev–Trinajstić information content (AvgIpc) is 2.48. The van der Waals surface area contributed by atoms with E-state index in [4.69, 9.17) is 4.74 Å². The number of morpholine rings is 1. The molecule has 1 N–H and O–H groups in total. The van der Waals surface area contributed by atoms with Gasteiger partial charge in [-0.3, -0.25) is 0 Å². The Morgan fingerprint density at radius 1 is 1.18 bits per heavy atom. The van der Waals surface area contributed by atoms with Crippen molar-refractivity contribution in [2.75, 3.05) is 36.4 Å². The van der Waals surface area contributed by atoms with Crippen molar-refractivity contribution in [1.82, 2.24) is 4.90 Å². The molecule has 1 aromatic rings. The maximum absolute atomic E-state index is 12.0. The lowest BCUT2D eigenvalue weighted by molar-refractivity contribution is -0.00521. The van der Waals surface area contributed by atoms with Gasteiger partial charge in [0.05, 0.1) is 12.2 Å². The van der Waals surface area contributed by atoms with Crippen molar-refractivity contribution in [2.45, 2.75) is 39.9 Å². The Bertz CT molecular complexity index is 475. The van der Waals surface area contributed by atoms with E-state index in [2.05, 4.69) is 36.2 Å². The van der Waals surface area contributed by atoms with Gasteiger partial charge in [-0.25, -0.2) is 4.79 Å². The first-order valence-corrected chi connectivity index (χ1v) is 8.09. The van der Waals surface area contributed by atoms with Crippen LogP contribution in [-0.2, 0) is 4.74 Å². The molecule has 1 fully saturated rings. The smallest absolute Gasteiger partial charge is 0.321 e. The van der Waals surface area contributed by atoms with Crippen LogP contribution in [0.4, 0.5) is 16.2 Å². The normalized spacial score (nSPS) is 21.5. The molecule has 0 aliphatic carbocycles. The Labute approximate surface area is 133 Å². The molecule has 1 aliphatic heterocycles. The third-order valence-electron chi connectivity index (χ3n) is 3.95. The lowest BCUT2D eigenvalue weighted by Gasteiger charge is -2.36. The van der Waals surface area contributed by atoms with E-state index >= 15 is 0 Å². The van der Waals surface area contributed by atoms with Gasteiger partial charge in [-0.2, -0.15) is 0 Å². The van der Waals surface area contributed by atoms with E-state index in [-0.39, 0.29) is 18.2 Å². The van der Waals surface area contributed by atoms with Crippen molar-refractivity contribution >= 4 is 17.4 Å². The van der Waals surface area contributed by atoms with Crippen molar-refractivity contribution in [2.24, 2.45) is 0 Å². The van der Waals surface area contributed by atoms with Gasteiger partial charge in [0.2, 0.25) is 0 Å². The van der Waals surface area contributed by atoms with E-state index in [1.54, 1.807) is 4.90 Å². The largest absolute Gasteiger partial charge is 0.372 e. The van der Waals surface area contributed by atoms with Gasteiger partial charge in [0.25, 0.3) is 0 Å². The number of urea groups is 1. The highest BCUT2D eigenvalue weighted by Gasteiger charge is 2.22. The van der Waals surface area contributed by atoms with Gasteiger partial charge in [0.1, 0.15) is 0 Å². The van der Waals surface area contributed by atoms with Crippen molar-refractivity contribution in [3.05, 3.63) is 24.3 Å². The molecule has 2 atom stereocenters. The lowest BCUT2D eigenvalue weighted by Crippen LogP contribution is -2.45. The number of benzene rings is 1. The number of carbonyl (C=O) groups is 1. The molecular formula is C17H27N3O2. The van der Waals surface area contributed by atoms with Crippen LogP contribution in [0.1, 0.15) is 27.7 Å². The molecule has 1 heterocycles. The first-order chi connectivity index (χ1) is 10.5. The zero-order chi connectivity index (χ0) is 16.1. The van der Waals surface area contributed by atoms with Crippen LogP contribution in [0.3, 0.4) is 0 Å². The van der Waals surface area contributed by atoms with Crippen molar-refractivity contribution in [3.8, 4) is 0 Å². The molecule has 1 aliphatic rings. The summed E-state index contributed by atoms with van der Waals surface area (Å²) in [5.41, 5.74) is 2.00. The van der Waals surface area contributed by atoms with E-state index in [1.807, 2.05) is 26.0 Å². The fourth-order valence-corrected chi connectivity index (χ4v) is 2.86. The van der Waals surface area contributed by atoms with Crippen LogP contribution in [0.2, 0.25) is 0 Å². The maximum atomic E-state index is 12.0. The summed E-state index contributed by atoms with van der Waals surface area (Å²) in [6.45, 7) is 11.4. The Hall–Kier alpha value is -1.75. The monoisotopic (exact) mass is 305 g/mol. The zero-order valence-electron chi connectivity index (χ0n) is 14.0. The molecule has 0 saturated carbocycles. The second-order valence-corrected chi connectivity index (χ2v) is 5.81. The molecule has 0 spiro atoms.